The van der Waals surface area contributed by atoms with E-state index in [4.69, 9.17) is 4.74 Å². The maximum absolute atomic E-state index is 14.4. The summed E-state index contributed by atoms with van der Waals surface area (Å²) >= 11 is 1.70. The lowest BCUT2D eigenvalue weighted by Crippen LogP contribution is -2.48. The molecule has 0 saturated heterocycles. The van der Waals surface area contributed by atoms with Crippen LogP contribution in [0, 0.1) is 11.7 Å². The Morgan fingerprint density at radius 1 is 1.11 bits per heavy atom. The van der Waals surface area contributed by atoms with Crippen LogP contribution in [0.25, 0.3) is 0 Å². The molecule has 5 rings (SSSR count). The van der Waals surface area contributed by atoms with E-state index >= 15 is 0 Å². The fraction of sp³-hybridized carbons (Fsp3) is 0.400. The minimum atomic E-state index is -0.559. The summed E-state index contributed by atoms with van der Waals surface area (Å²) in [5.41, 5.74) is 2.37. The predicted molar refractivity (Wildman–Crippen MR) is 144 cm³/mol. The van der Waals surface area contributed by atoms with Gasteiger partial charge in [0.05, 0.1) is 11.6 Å². The number of carbonyl (C=O) groups excluding carboxylic acids is 2. The molecule has 1 aromatic heterocycles. The van der Waals surface area contributed by atoms with Crippen LogP contribution >= 0.6 is 11.3 Å². The number of rotatable bonds is 9. The lowest BCUT2D eigenvalue weighted by atomic mass is 10.00. The van der Waals surface area contributed by atoms with Crippen molar-refractivity contribution in [2.24, 2.45) is 5.92 Å². The largest absolute Gasteiger partial charge is 0.491 e. The summed E-state index contributed by atoms with van der Waals surface area (Å²) in [4.78, 5) is 31.6. The fourth-order valence-electron chi connectivity index (χ4n) is 4.89. The molecule has 0 spiro atoms. The van der Waals surface area contributed by atoms with Gasteiger partial charge in [0.15, 0.2) is 0 Å². The molecule has 7 heteroatoms. The van der Waals surface area contributed by atoms with E-state index in [2.05, 4.69) is 37.4 Å². The number of amides is 2. The molecule has 1 aliphatic carbocycles. The quantitative estimate of drug-likeness (QED) is 0.344. The molecule has 0 bridgehead atoms. The van der Waals surface area contributed by atoms with Crippen molar-refractivity contribution in [2.75, 3.05) is 26.2 Å². The number of hydrogen-bond donors (Lipinski definition) is 0. The summed E-state index contributed by atoms with van der Waals surface area (Å²) in [6.07, 6.45) is 2.84. The number of carbonyl (C=O) groups is 2. The molecule has 2 aliphatic rings. The maximum atomic E-state index is 14.4. The number of hydrogen-bond acceptors (Lipinski definition) is 4. The molecule has 1 saturated carbocycles. The standard InChI is InChI=1S/C30H33FN2O3S/c1-20(2)22-9-11-23(12-10-22)36-19-27-25-14-16-37-28(25)13-15-33(27)29(34)18-32(17-21-7-8-21)30(35)24-5-3-4-6-26(24)31/h3-6,9-12,14,16,20-21,27H,7-8,13,15,17-19H2,1-2H3. The second-order valence-corrected chi connectivity index (χ2v) is 11.3. The van der Waals surface area contributed by atoms with Crippen LogP contribution in [0.5, 0.6) is 5.75 Å². The van der Waals surface area contributed by atoms with Crippen molar-refractivity contribution in [2.45, 2.75) is 45.1 Å². The highest BCUT2D eigenvalue weighted by Gasteiger charge is 2.35. The number of nitrogens with zero attached hydrogens (tertiary/aromatic N) is 2. The summed E-state index contributed by atoms with van der Waals surface area (Å²) in [6, 6.07) is 15.9. The number of thiophene rings is 1. The third-order valence-electron chi connectivity index (χ3n) is 7.26. The molecule has 2 aromatic carbocycles. The van der Waals surface area contributed by atoms with Crippen molar-refractivity contribution in [1.29, 1.82) is 0 Å². The molecule has 0 radical (unpaired) electrons. The van der Waals surface area contributed by atoms with Gasteiger partial charge in [-0.15, -0.1) is 11.3 Å². The fourth-order valence-corrected chi connectivity index (χ4v) is 5.82. The van der Waals surface area contributed by atoms with Crippen molar-refractivity contribution in [3.05, 3.63) is 87.4 Å². The first-order chi connectivity index (χ1) is 17.9. The smallest absolute Gasteiger partial charge is 0.257 e. The second kappa shape index (κ2) is 11.1. The minimum Gasteiger partial charge on any atom is -0.491 e. The van der Waals surface area contributed by atoms with Gasteiger partial charge in [0.2, 0.25) is 5.91 Å². The van der Waals surface area contributed by atoms with Crippen LogP contribution in [0.2, 0.25) is 0 Å². The number of ether oxygens (including phenoxy) is 1. The minimum absolute atomic E-state index is 0.0134. The molecule has 5 nitrogen and oxygen atoms in total. The summed E-state index contributed by atoms with van der Waals surface area (Å²) in [6.45, 7) is 5.62. The van der Waals surface area contributed by atoms with E-state index in [-0.39, 0.29) is 24.1 Å². The summed E-state index contributed by atoms with van der Waals surface area (Å²) in [7, 11) is 0. The van der Waals surface area contributed by atoms with E-state index in [1.54, 1.807) is 23.5 Å². The van der Waals surface area contributed by atoms with Gasteiger partial charge in [-0.3, -0.25) is 9.59 Å². The first kappa shape index (κ1) is 25.5. The third kappa shape index (κ3) is 5.87. The van der Waals surface area contributed by atoms with Crippen molar-refractivity contribution in [3.8, 4) is 5.75 Å². The molecule has 0 N–H and O–H groups in total. The van der Waals surface area contributed by atoms with Crippen LogP contribution < -0.4 is 4.74 Å². The molecular formula is C30H33FN2O3S. The zero-order valence-electron chi connectivity index (χ0n) is 21.4. The van der Waals surface area contributed by atoms with Crippen molar-refractivity contribution >= 4 is 23.2 Å². The topological polar surface area (TPSA) is 49.9 Å². The summed E-state index contributed by atoms with van der Waals surface area (Å²) in [5, 5.41) is 2.06. The van der Waals surface area contributed by atoms with Crippen LogP contribution in [-0.2, 0) is 11.2 Å². The molecule has 37 heavy (non-hydrogen) atoms. The Bertz CT molecular complexity index is 1250. The molecule has 1 fully saturated rings. The monoisotopic (exact) mass is 520 g/mol. The Hall–Kier alpha value is -3.19. The maximum Gasteiger partial charge on any atom is 0.257 e. The Morgan fingerprint density at radius 2 is 1.86 bits per heavy atom. The second-order valence-electron chi connectivity index (χ2n) is 10.3. The highest BCUT2D eigenvalue weighted by atomic mass is 32.1. The zero-order valence-corrected chi connectivity index (χ0v) is 22.2. The van der Waals surface area contributed by atoms with Gasteiger partial charge in [-0.2, -0.15) is 0 Å². The normalized spacial score (nSPS) is 17.0. The van der Waals surface area contributed by atoms with Crippen molar-refractivity contribution in [3.63, 3.8) is 0 Å². The van der Waals surface area contributed by atoms with Crippen molar-refractivity contribution in [1.82, 2.24) is 9.80 Å². The van der Waals surface area contributed by atoms with Crippen LogP contribution in [-0.4, -0.2) is 47.9 Å². The molecule has 1 aliphatic heterocycles. The van der Waals surface area contributed by atoms with Gasteiger partial charge < -0.3 is 14.5 Å². The molecule has 2 heterocycles. The molecular weight excluding hydrogens is 487 g/mol. The molecule has 1 unspecified atom stereocenters. The SMILES string of the molecule is CC(C)c1ccc(OCC2c3ccsc3CCN2C(=O)CN(CC2CC2)C(=O)c2ccccc2F)cc1. The lowest BCUT2D eigenvalue weighted by molar-refractivity contribution is -0.135. The van der Waals surface area contributed by atoms with Crippen molar-refractivity contribution < 1.29 is 18.7 Å². The lowest BCUT2D eigenvalue weighted by Gasteiger charge is -2.37. The number of fused-ring (bicyclic) bond motifs is 1. The van der Waals surface area contributed by atoms with Gasteiger partial charge in [-0.1, -0.05) is 38.1 Å². The molecule has 2 amide bonds. The average Bonchev–Trinajstić information content (AvgIpc) is 3.59. The Balaban J connectivity index is 1.33. The Morgan fingerprint density at radius 3 is 2.57 bits per heavy atom. The third-order valence-corrected chi connectivity index (χ3v) is 8.26. The van der Waals surface area contributed by atoms with Gasteiger partial charge in [0.1, 0.15) is 24.7 Å². The zero-order chi connectivity index (χ0) is 25.9. The summed E-state index contributed by atoms with van der Waals surface area (Å²) < 4.78 is 20.6. The highest BCUT2D eigenvalue weighted by Crippen LogP contribution is 2.35. The Kier molecular flexibility index (Phi) is 7.60. The van der Waals surface area contributed by atoms with Gasteiger partial charge in [-0.25, -0.2) is 4.39 Å². The van der Waals surface area contributed by atoms with E-state index in [1.807, 2.05) is 17.0 Å². The van der Waals surface area contributed by atoms with E-state index < -0.39 is 11.7 Å². The van der Waals surface area contributed by atoms with E-state index in [0.717, 1.165) is 30.6 Å². The average molecular weight is 521 g/mol. The van der Waals surface area contributed by atoms with Gasteiger partial charge in [0, 0.05) is 18.0 Å². The summed E-state index contributed by atoms with van der Waals surface area (Å²) in [5.74, 6) is 0.469. The van der Waals surface area contributed by atoms with Crippen LogP contribution in [0.4, 0.5) is 4.39 Å². The predicted octanol–water partition coefficient (Wildman–Crippen LogP) is 6.07. The van der Waals surface area contributed by atoms with Crippen LogP contribution in [0.1, 0.15) is 65.0 Å². The van der Waals surface area contributed by atoms with Crippen LogP contribution in [0.3, 0.4) is 0 Å². The van der Waals surface area contributed by atoms with Gasteiger partial charge >= 0.3 is 0 Å². The van der Waals surface area contributed by atoms with E-state index in [1.165, 1.54) is 27.5 Å². The van der Waals surface area contributed by atoms with E-state index in [9.17, 15) is 14.0 Å². The molecule has 3 aromatic rings. The van der Waals surface area contributed by atoms with E-state index in [0.29, 0.717) is 31.5 Å². The first-order valence-electron chi connectivity index (χ1n) is 13.0. The first-order valence-corrected chi connectivity index (χ1v) is 13.9. The van der Waals surface area contributed by atoms with Gasteiger partial charge in [-0.05, 0) is 77.9 Å². The van der Waals surface area contributed by atoms with Crippen LogP contribution in [0.15, 0.2) is 60.0 Å². The molecule has 194 valence electrons. The van der Waals surface area contributed by atoms with Gasteiger partial charge in [0.25, 0.3) is 5.91 Å². The molecule has 1 atom stereocenters. The Labute approximate surface area is 221 Å². The highest BCUT2D eigenvalue weighted by molar-refractivity contribution is 7.10. The number of benzene rings is 2. The number of halogens is 1.